The summed E-state index contributed by atoms with van der Waals surface area (Å²) in [5.74, 6) is 0.432. The lowest BCUT2D eigenvalue weighted by Gasteiger charge is -2.33. The van der Waals surface area contributed by atoms with Crippen LogP contribution in [0, 0.1) is 20.8 Å². The normalized spacial score (nSPS) is 15.0. The third-order valence-electron chi connectivity index (χ3n) is 6.78. The molecule has 5 heteroatoms. The lowest BCUT2D eigenvalue weighted by Crippen LogP contribution is -2.52. The maximum Gasteiger partial charge on any atom is 0.261 e. The van der Waals surface area contributed by atoms with Crippen molar-refractivity contribution < 1.29 is 14.3 Å². The van der Waals surface area contributed by atoms with Crippen LogP contribution in [0.4, 0.5) is 0 Å². The average molecular weight is 451 g/mol. The minimum atomic E-state index is -0.526. The predicted molar refractivity (Wildman–Crippen MR) is 132 cm³/mol. The van der Waals surface area contributed by atoms with Gasteiger partial charge in [0, 0.05) is 12.6 Å². The Balaban J connectivity index is 1.77. The number of carbonyl (C=O) groups excluding carboxylic acids is 2. The summed E-state index contributed by atoms with van der Waals surface area (Å²) in [4.78, 5) is 28.4. The highest BCUT2D eigenvalue weighted by Crippen LogP contribution is 2.21. The van der Waals surface area contributed by atoms with Crippen LogP contribution in [0.1, 0.15) is 67.7 Å². The van der Waals surface area contributed by atoms with Crippen LogP contribution in [-0.4, -0.2) is 35.4 Å². The molecule has 2 amide bonds. The Morgan fingerprint density at radius 3 is 2.39 bits per heavy atom. The number of nitrogens with one attached hydrogen (secondary N) is 1. The number of aryl methyl sites for hydroxylation is 3. The van der Waals surface area contributed by atoms with Crippen molar-refractivity contribution in [2.45, 2.75) is 84.8 Å². The number of hydrogen-bond donors (Lipinski definition) is 1. The highest BCUT2D eigenvalue weighted by molar-refractivity contribution is 5.88. The summed E-state index contributed by atoms with van der Waals surface area (Å²) in [5, 5.41) is 3.22. The summed E-state index contributed by atoms with van der Waals surface area (Å²) in [6, 6.07) is 13.5. The van der Waals surface area contributed by atoms with E-state index in [-0.39, 0.29) is 24.5 Å². The molecule has 1 N–H and O–H groups in total. The monoisotopic (exact) mass is 450 g/mol. The second-order valence-electron chi connectivity index (χ2n) is 9.25. The van der Waals surface area contributed by atoms with Gasteiger partial charge in [0.25, 0.3) is 5.91 Å². The second kappa shape index (κ2) is 11.9. The molecule has 178 valence electrons. The Labute approximate surface area is 198 Å². The quantitative estimate of drug-likeness (QED) is 0.568. The van der Waals surface area contributed by atoms with E-state index in [0.29, 0.717) is 18.7 Å². The fourth-order valence-corrected chi connectivity index (χ4v) is 4.47. The highest BCUT2D eigenvalue weighted by atomic mass is 16.5. The third-order valence-corrected chi connectivity index (χ3v) is 6.78. The molecule has 0 saturated heterocycles. The summed E-state index contributed by atoms with van der Waals surface area (Å²) >= 11 is 0. The molecule has 0 bridgehead atoms. The third kappa shape index (κ3) is 6.83. The molecular formula is C28H38N2O3. The molecule has 0 aromatic heterocycles. The average Bonchev–Trinajstić information content (AvgIpc) is 2.81. The first-order chi connectivity index (χ1) is 15.9. The molecule has 33 heavy (non-hydrogen) atoms. The largest absolute Gasteiger partial charge is 0.484 e. The Bertz CT molecular complexity index is 950. The number of ether oxygens (including phenoxy) is 1. The maximum atomic E-state index is 13.4. The SMILES string of the molecule is CC[C@H](C(=O)NC1CCCCC1)N(Cc1ccccc1C)C(=O)COc1ccc(C)c(C)c1. The molecule has 1 aliphatic carbocycles. The molecule has 0 radical (unpaired) electrons. The number of benzene rings is 2. The number of rotatable bonds is 9. The van der Waals surface area contributed by atoms with Crippen LogP contribution in [0.15, 0.2) is 42.5 Å². The van der Waals surface area contributed by atoms with E-state index in [1.165, 1.54) is 12.0 Å². The molecular weight excluding hydrogens is 412 g/mol. The summed E-state index contributed by atoms with van der Waals surface area (Å²) in [5.41, 5.74) is 4.45. The van der Waals surface area contributed by atoms with Crippen molar-refractivity contribution in [1.29, 1.82) is 0 Å². The van der Waals surface area contributed by atoms with Crippen molar-refractivity contribution in [3.63, 3.8) is 0 Å². The van der Waals surface area contributed by atoms with E-state index >= 15 is 0 Å². The summed E-state index contributed by atoms with van der Waals surface area (Å²) < 4.78 is 5.85. The Kier molecular flexibility index (Phi) is 8.93. The first-order valence-electron chi connectivity index (χ1n) is 12.2. The van der Waals surface area contributed by atoms with E-state index < -0.39 is 6.04 Å². The van der Waals surface area contributed by atoms with Gasteiger partial charge in [0.1, 0.15) is 11.8 Å². The van der Waals surface area contributed by atoms with Crippen molar-refractivity contribution in [2.24, 2.45) is 0 Å². The first-order valence-corrected chi connectivity index (χ1v) is 12.2. The van der Waals surface area contributed by atoms with Crippen LogP contribution in [0.5, 0.6) is 5.75 Å². The summed E-state index contributed by atoms with van der Waals surface area (Å²) in [6.07, 6.45) is 6.12. The van der Waals surface area contributed by atoms with Crippen molar-refractivity contribution >= 4 is 11.8 Å². The maximum absolute atomic E-state index is 13.4. The van der Waals surface area contributed by atoms with Crippen molar-refractivity contribution in [1.82, 2.24) is 10.2 Å². The molecule has 0 heterocycles. The number of hydrogen-bond acceptors (Lipinski definition) is 3. The number of nitrogens with zero attached hydrogens (tertiary/aromatic N) is 1. The number of amides is 2. The molecule has 2 aromatic carbocycles. The van der Waals surface area contributed by atoms with Crippen LogP contribution in [0.3, 0.4) is 0 Å². The fourth-order valence-electron chi connectivity index (χ4n) is 4.47. The topological polar surface area (TPSA) is 58.6 Å². The van der Waals surface area contributed by atoms with Gasteiger partial charge in [-0.2, -0.15) is 0 Å². The van der Waals surface area contributed by atoms with Gasteiger partial charge in [0.05, 0.1) is 0 Å². The molecule has 1 atom stereocenters. The minimum Gasteiger partial charge on any atom is -0.484 e. The van der Waals surface area contributed by atoms with Crippen molar-refractivity contribution in [3.05, 3.63) is 64.7 Å². The van der Waals surface area contributed by atoms with E-state index in [1.54, 1.807) is 4.90 Å². The zero-order valence-electron chi connectivity index (χ0n) is 20.5. The van der Waals surface area contributed by atoms with Crippen molar-refractivity contribution in [2.75, 3.05) is 6.61 Å². The van der Waals surface area contributed by atoms with Crippen molar-refractivity contribution in [3.8, 4) is 5.75 Å². The standard InChI is InChI=1S/C28H38N2O3/c1-5-26(28(32)29-24-13-7-6-8-14-24)30(18-23-12-10-9-11-21(23)3)27(31)19-33-25-16-15-20(2)22(4)17-25/h9-12,15-17,24,26H,5-8,13-14,18-19H2,1-4H3,(H,29,32)/t26-/m1/s1. The molecule has 0 spiro atoms. The molecule has 0 unspecified atom stereocenters. The van der Waals surface area contributed by atoms with E-state index in [4.69, 9.17) is 4.74 Å². The van der Waals surface area contributed by atoms with Gasteiger partial charge in [-0.15, -0.1) is 0 Å². The van der Waals surface area contributed by atoms with Gasteiger partial charge in [-0.3, -0.25) is 9.59 Å². The van der Waals surface area contributed by atoms with E-state index in [1.807, 2.05) is 70.2 Å². The lowest BCUT2D eigenvalue weighted by molar-refractivity contribution is -0.143. The van der Waals surface area contributed by atoms with Gasteiger partial charge >= 0.3 is 0 Å². The predicted octanol–water partition coefficient (Wildman–Crippen LogP) is 5.25. The van der Waals surface area contributed by atoms with Gasteiger partial charge in [-0.1, -0.05) is 56.5 Å². The van der Waals surface area contributed by atoms with Crippen LogP contribution in [0.25, 0.3) is 0 Å². The zero-order chi connectivity index (χ0) is 23.8. The van der Waals surface area contributed by atoms with E-state index in [0.717, 1.165) is 42.4 Å². The van der Waals surface area contributed by atoms with Gasteiger partial charge in [-0.25, -0.2) is 0 Å². The highest BCUT2D eigenvalue weighted by Gasteiger charge is 2.30. The van der Waals surface area contributed by atoms with E-state index in [9.17, 15) is 9.59 Å². The molecule has 2 aromatic rings. The first kappa shape index (κ1) is 24.8. The second-order valence-corrected chi connectivity index (χ2v) is 9.25. The van der Waals surface area contributed by atoms with Gasteiger partial charge in [0.15, 0.2) is 6.61 Å². The van der Waals surface area contributed by atoms with Gasteiger partial charge < -0.3 is 15.0 Å². The Morgan fingerprint density at radius 1 is 1.00 bits per heavy atom. The summed E-state index contributed by atoms with van der Waals surface area (Å²) in [6.45, 7) is 8.36. The van der Waals surface area contributed by atoms with Gasteiger partial charge in [0.2, 0.25) is 5.91 Å². The molecule has 1 saturated carbocycles. The Hall–Kier alpha value is -2.82. The smallest absolute Gasteiger partial charge is 0.261 e. The minimum absolute atomic E-state index is 0.0579. The van der Waals surface area contributed by atoms with Crippen LogP contribution in [0.2, 0.25) is 0 Å². The van der Waals surface area contributed by atoms with Crippen LogP contribution in [-0.2, 0) is 16.1 Å². The zero-order valence-corrected chi connectivity index (χ0v) is 20.5. The van der Waals surface area contributed by atoms with Crippen LogP contribution < -0.4 is 10.1 Å². The fraction of sp³-hybridized carbons (Fsp3) is 0.500. The van der Waals surface area contributed by atoms with E-state index in [2.05, 4.69) is 5.32 Å². The van der Waals surface area contributed by atoms with Crippen LogP contribution >= 0.6 is 0 Å². The lowest BCUT2D eigenvalue weighted by atomic mass is 9.95. The van der Waals surface area contributed by atoms with Gasteiger partial charge in [-0.05, 0) is 74.4 Å². The molecule has 1 aliphatic rings. The number of carbonyl (C=O) groups is 2. The molecule has 3 rings (SSSR count). The Morgan fingerprint density at radius 2 is 1.73 bits per heavy atom. The summed E-state index contributed by atoms with van der Waals surface area (Å²) in [7, 11) is 0. The molecule has 5 nitrogen and oxygen atoms in total. The molecule has 0 aliphatic heterocycles. The molecule has 1 fully saturated rings.